The summed E-state index contributed by atoms with van der Waals surface area (Å²) in [7, 11) is 0. The molecule has 0 saturated carbocycles. The average Bonchev–Trinajstić information content (AvgIpc) is 2.39. The summed E-state index contributed by atoms with van der Waals surface area (Å²) in [4.78, 5) is 15.0. The first kappa shape index (κ1) is 13.9. The minimum Gasteiger partial charge on any atom is -0.377 e. The maximum atomic E-state index is 14.1. The Bertz CT molecular complexity index is 630. The normalized spacial score (nSPS) is 10.6. The Labute approximate surface area is 115 Å². The van der Waals surface area contributed by atoms with Crippen LogP contribution in [0.1, 0.15) is 13.8 Å². The topological polar surface area (TPSA) is 65.2 Å². The van der Waals surface area contributed by atoms with E-state index in [1.807, 2.05) is 13.8 Å². The van der Waals surface area contributed by atoms with E-state index in [1.165, 1.54) is 12.3 Å². The molecule has 0 fully saturated rings. The number of pyridine rings is 1. The predicted molar refractivity (Wildman–Crippen MR) is 73.5 cm³/mol. The van der Waals surface area contributed by atoms with Gasteiger partial charge in [0.05, 0.1) is 16.2 Å². The fourth-order valence-corrected chi connectivity index (χ4v) is 1.92. The SMILES string of the molecule is CC(C)Nc1c([N+](=O)O)ccc(F)c1-c1ccccn1. The molecule has 0 bridgehead atoms. The molecule has 0 radical (unpaired) electrons. The number of nitrogens with zero attached hydrogens (tertiary/aromatic N) is 2. The van der Waals surface area contributed by atoms with Crippen LogP contribution in [0.25, 0.3) is 11.3 Å². The average molecular weight is 276 g/mol. The lowest BCUT2D eigenvalue weighted by atomic mass is 10.1. The molecule has 1 heterocycles. The van der Waals surface area contributed by atoms with Crippen molar-refractivity contribution in [1.82, 2.24) is 4.98 Å². The Morgan fingerprint density at radius 1 is 1.30 bits per heavy atom. The van der Waals surface area contributed by atoms with Crippen molar-refractivity contribution < 1.29 is 14.5 Å². The molecule has 0 atom stereocenters. The van der Waals surface area contributed by atoms with E-state index in [-0.39, 0.29) is 27.9 Å². The minimum atomic E-state index is -0.516. The second-order valence-electron chi connectivity index (χ2n) is 4.60. The van der Waals surface area contributed by atoms with Crippen LogP contribution in [0, 0.1) is 10.7 Å². The van der Waals surface area contributed by atoms with E-state index in [0.29, 0.717) is 5.69 Å². The number of anilines is 1. The van der Waals surface area contributed by atoms with Gasteiger partial charge < -0.3 is 5.32 Å². The molecule has 104 valence electrons. The van der Waals surface area contributed by atoms with Gasteiger partial charge in [-0.05, 0) is 32.0 Å². The Morgan fingerprint density at radius 3 is 2.60 bits per heavy atom. The van der Waals surface area contributed by atoms with Gasteiger partial charge in [0.15, 0.2) is 0 Å². The first-order chi connectivity index (χ1) is 9.50. The van der Waals surface area contributed by atoms with Gasteiger partial charge in [-0.3, -0.25) is 4.98 Å². The van der Waals surface area contributed by atoms with E-state index in [4.69, 9.17) is 0 Å². The van der Waals surface area contributed by atoms with Crippen LogP contribution < -0.4 is 5.32 Å². The molecule has 0 aliphatic rings. The van der Waals surface area contributed by atoms with Crippen LogP contribution in [0.3, 0.4) is 0 Å². The molecule has 0 aliphatic heterocycles. The molecule has 5 nitrogen and oxygen atoms in total. The quantitative estimate of drug-likeness (QED) is 0.839. The monoisotopic (exact) mass is 276 g/mol. The van der Waals surface area contributed by atoms with E-state index in [9.17, 15) is 14.5 Å². The zero-order chi connectivity index (χ0) is 14.7. The molecule has 20 heavy (non-hydrogen) atoms. The molecule has 0 saturated heterocycles. The van der Waals surface area contributed by atoms with Crippen molar-refractivity contribution in [1.29, 1.82) is 0 Å². The maximum Gasteiger partial charge on any atom is 0.340 e. The second kappa shape index (κ2) is 5.64. The van der Waals surface area contributed by atoms with Crippen LogP contribution in [0.4, 0.5) is 15.8 Å². The van der Waals surface area contributed by atoms with E-state index < -0.39 is 5.82 Å². The molecule has 1 aromatic heterocycles. The van der Waals surface area contributed by atoms with Gasteiger partial charge in [0.2, 0.25) is 0 Å². The molecule has 2 aromatic rings. The zero-order valence-corrected chi connectivity index (χ0v) is 11.2. The number of benzene rings is 1. The summed E-state index contributed by atoms with van der Waals surface area (Å²) < 4.78 is 14.1. The number of hydrogen-bond donors (Lipinski definition) is 2. The summed E-state index contributed by atoms with van der Waals surface area (Å²) in [6.45, 7) is 3.70. The first-order valence-corrected chi connectivity index (χ1v) is 6.17. The molecule has 0 aliphatic carbocycles. The highest BCUT2D eigenvalue weighted by Crippen LogP contribution is 2.37. The third kappa shape index (κ3) is 2.74. The molecule has 1 aromatic carbocycles. The second-order valence-corrected chi connectivity index (χ2v) is 4.60. The highest BCUT2D eigenvalue weighted by Gasteiger charge is 2.26. The van der Waals surface area contributed by atoms with Gasteiger partial charge in [0, 0.05) is 18.3 Å². The van der Waals surface area contributed by atoms with Crippen molar-refractivity contribution in [2.75, 3.05) is 5.32 Å². The van der Waals surface area contributed by atoms with Crippen LogP contribution in [-0.2, 0) is 0 Å². The van der Waals surface area contributed by atoms with Gasteiger partial charge in [0.25, 0.3) is 4.92 Å². The van der Waals surface area contributed by atoms with E-state index in [0.717, 1.165) is 6.07 Å². The van der Waals surface area contributed by atoms with E-state index in [2.05, 4.69) is 10.3 Å². The van der Waals surface area contributed by atoms with Crippen molar-refractivity contribution >= 4 is 11.4 Å². The first-order valence-electron chi connectivity index (χ1n) is 6.17. The Balaban J connectivity index is 2.70. The lowest BCUT2D eigenvalue weighted by Crippen LogP contribution is -2.13. The van der Waals surface area contributed by atoms with Crippen molar-refractivity contribution in [2.24, 2.45) is 0 Å². The summed E-state index contributed by atoms with van der Waals surface area (Å²) in [5, 5.41) is 12.2. The zero-order valence-electron chi connectivity index (χ0n) is 11.2. The Morgan fingerprint density at radius 2 is 2.05 bits per heavy atom. The van der Waals surface area contributed by atoms with Crippen LogP contribution in [0.2, 0.25) is 0 Å². The number of hydrogen-bond acceptors (Lipinski definition) is 3. The standard InChI is InChI=1S/C14H15FN3O2/c1-9(2)17-14-12(18(19)20)7-6-10(15)13(14)11-5-3-4-8-16-11/h3-9,17H,1-2H3,(H,19,20)/q+1. The van der Waals surface area contributed by atoms with Crippen molar-refractivity contribution in [3.63, 3.8) is 0 Å². The predicted octanol–water partition coefficient (Wildman–Crippen LogP) is 3.51. The van der Waals surface area contributed by atoms with Crippen molar-refractivity contribution in [2.45, 2.75) is 19.9 Å². The summed E-state index contributed by atoms with van der Waals surface area (Å²) in [6, 6.07) is 7.39. The molecule has 6 heteroatoms. The largest absolute Gasteiger partial charge is 0.377 e. The highest BCUT2D eigenvalue weighted by atomic mass is 19.1. The molecule has 2 N–H and O–H groups in total. The molecule has 0 unspecified atom stereocenters. The number of halogens is 1. The molecular weight excluding hydrogens is 261 g/mol. The van der Waals surface area contributed by atoms with Gasteiger partial charge in [-0.15, -0.1) is 0 Å². The lowest BCUT2D eigenvalue weighted by molar-refractivity contribution is -0.729. The summed E-state index contributed by atoms with van der Waals surface area (Å²) >= 11 is 0. The summed E-state index contributed by atoms with van der Waals surface area (Å²) in [6.07, 6.45) is 1.54. The smallest absolute Gasteiger partial charge is 0.340 e. The summed E-state index contributed by atoms with van der Waals surface area (Å²) in [5.41, 5.74) is 0.709. The summed E-state index contributed by atoms with van der Waals surface area (Å²) in [5.74, 6) is -0.516. The molecule has 0 spiro atoms. The fraction of sp³-hybridized carbons (Fsp3) is 0.214. The van der Waals surface area contributed by atoms with Gasteiger partial charge in [0.1, 0.15) is 11.5 Å². The van der Waals surface area contributed by atoms with Gasteiger partial charge >= 0.3 is 5.69 Å². The van der Waals surface area contributed by atoms with Crippen molar-refractivity contribution in [3.05, 3.63) is 47.3 Å². The lowest BCUT2D eigenvalue weighted by Gasteiger charge is -2.14. The Kier molecular flexibility index (Phi) is 3.93. The van der Waals surface area contributed by atoms with Gasteiger partial charge in [-0.2, -0.15) is 0 Å². The Hall–Kier alpha value is -2.50. The van der Waals surface area contributed by atoms with Crippen LogP contribution in [-0.4, -0.2) is 21.2 Å². The van der Waals surface area contributed by atoms with E-state index in [1.54, 1.807) is 18.2 Å². The van der Waals surface area contributed by atoms with E-state index >= 15 is 0 Å². The maximum absolute atomic E-state index is 14.1. The van der Waals surface area contributed by atoms with Crippen LogP contribution in [0.15, 0.2) is 36.5 Å². The fourth-order valence-electron chi connectivity index (χ4n) is 1.92. The number of nitrogens with one attached hydrogen (secondary N) is 1. The highest BCUT2D eigenvalue weighted by molar-refractivity contribution is 5.83. The van der Waals surface area contributed by atoms with Crippen LogP contribution >= 0.6 is 0 Å². The number of rotatable bonds is 4. The number of aromatic nitrogens is 1. The van der Waals surface area contributed by atoms with Crippen LogP contribution in [0.5, 0.6) is 0 Å². The van der Waals surface area contributed by atoms with Gasteiger partial charge in [-0.25, -0.2) is 9.60 Å². The minimum absolute atomic E-state index is 0.0436. The molecular formula is C14H15FN3O2+. The third-order valence-corrected chi connectivity index (χ3v) is 2.69. The van der Waals surface area contributed by atoms with Gasteiger partial charge in [-0.1, -0.05) is 6.07 Å². The molecule has 0 amide bonds. The molecule has 2 rings (SSSR count). The van der Waals surface area contributed by atoms with Crippen molar-refractivity contribution in [3.8, 4) is 11.3 Å². The third-order valence-electron chi connectivity index (χ3n) is 2.69.